The summed E-state index contributed by atoms with van der Waals surface area (Å²) in [6.45, 7) is 4.30. The monoisotopic (exact) mass is 649 g/mol. The summed E-state index contributed by atoms with van der Waals surface area (Å²) in [6.07, 6.45) is 4.60. The first-order valence-corrected chi connectivity index (χ1v) is 18.2. The van der Waals surface area contributed by atoms with Crippen LogP contribution in [0.15, 0.2) is 152 Å². The zero-order chi connectivity index (χ0) is 33.8. The van der Waals surface area contributed by atoms with E-state index in [1.165, 1.54) is 99.4 Å². The van der Waals surface area contributed by atoms with Crippen LogP contribution in [0.1, 0.15) is 34.2 Å². The van der Waals surface area contributed by atoms with Gasteiger partial charge in [-0.15, -0.1) is 0 Å². The van der Waals surface area contributed by atoms with Gasteiger partial charge in [0.2, 0.25) is 0 Å². The number of hydrogen-bond donors (Lipinski definition) is 0. The topological polar surface area (TPSA) is 3.24 Å². The minimum absolute atomic E-state index is 1.06. The second kappa shape index (κ2) is 10.7. The molecule has 11 rings (SSSR count). The van der Waals surface area contributed by atoms with Crippen molar-refractivity contribution in [3.05, 3.63) is 179 Å². The van der Waals surface area contributed by atoms with E-state index in [4.69, 9.17) is 0 Å². The predicted octanol–water partition coefficient (Wildman–Crippen LogP) is 13.8. The largest absolute Gasteiger partial charge is 0.310 e. The van der Waals surface area contributed by atoms with Gasteiger partial charge in [0.25, 0.3) is 0 Å². The lowest BCUT2D eigenvalue weighted by Gasteiger charge is -2.26. The van der Waals surface area contributed by atoms with Gasteiger partial charge in [-0.1, -0.05) is 126 Å². The second-order valence-electron chi connectivity index (χ2n) is 14.5. The van der Waals surface area contributed by atoms with E-state index in [-0.39, 0.29) is 0 Å². The van der Waals surface area contributed by atoms with Crippen molar-refractivity contribution in [3.8, 4) is 44.5 Å². The summed E-state index contributed by atoms with van der Waals surface area (Å²) in [6, 6.07) is 54.8. The zero-order valence-electron chi connectivity index (χ0n) is 28.8. The molecule has 0 saturated heterocycles. The molecule has 0 radical (unpaired) electrons. The van der Waals surface area contributed by atoms with Gasteiger partial charge in [-0.3, -0.25) is 0 Å². The van der Waals surface area contributed by atoms with Gasteiger partial charge < -0.3 is 4.90 Å². The molecule has 0 amide bonds. The first-order valence-electron chi connectivity index (χ1n) is 18.2. The highest BCUT2D eigenvalue weighted by Crippen LogP contribution is 2.57. The molecule has 51 heavy (non-hydrogen) atoms. The molecule has 0 unspecified atom stereocenters. The van der Waals surface area contributed by atoms with Crippen molar-refractivity contribution in [2.45, 2.75) is 26.7 Å². The molecule has 0 aliphatic heterocycles. The summed E-state index contributed by atoms with van der Waals surface area (Å²) in [7, 11) is 0. The third-order valence-electron chi connectivity index (χ3n) is 11.6. The maximum atomic E-state index is 2.47. The Morgan fingerprint density at radius 2 is 1.00 bits per heavy atom. The Morgan fingerprint density at radius 3 is 1.75 bits per heavy atom. The van der Waals surface area contributed by atoms with Crippen molar-refractivity contribution in [1.82, 2.24) is 0 Å². The molecule has 3 aliphatic carbocycles. The number of nitrogens with zero attached hydrogens (tertiary/aromatic N) is 1. The smallest absolute Gasteiger partial charge is 0.0468 e. The van der Waals surface area contributed by atoms with Crippen LogP contribution < -0.4 is 4.90 Å². The third kappa shape index (κ3) is 4.03. The number of allylic oxidation sites excluding steroid dienone is 1. The highest BCUT2D eigenvalue weighted by Gasteiger charge is 2.32. The fraction of sp³-hybridized carbons (Fsp3) is 0.0800. The highest BCUT2D eigenvalue weighted by atomic mass is 15.1. The van der Waals surface area contributed by atoms with Crippen LogP contribution >= 0.6 is 0 Å². The van der Waals surface area contributed by atoms with Gasteiger partial charge in [0, 0.05) is 17.1 Å². The lowest BCUT2D eigenvalue weighted by Crippen LogP contribution is -2.10. The van der Waals surface area contributed by atoms with Crippen LogP contribution in [0.25, 0.3) is 71.6 Å². The van der Waals surface area contributed by atoms with Crippen molar-refractivity contribution in [1.29, 1.82) is 0 Å². The molecule has 0 N–H and O–H groups in total. The van der Waals surface area contributed by atoms with E-state index in [0.29, 0.717) is 0 Å². The van der Waals surface area contributed by atoms with Crippen LogP contribution in [-0.2, 0) is 6.42 Å². The Balaban J connectivity index is 1.15. The van der Waals surface area contributed by atoms with Crippen LogP contribution in [0.5, 0.6) is 0 Å². The molecule has 0 heterocycles. The molecular formula is C50H35N. The quantitative estimate of drug-likeness (QED) is 0.172. The van der Waals surface area contributed by atoms with Crippen LogP contribution in [0.4, 0.5) is 17.1 Å². The molecule has 0 spiro atoms. The molecule has 8 aromatic carbocycles. The zero-order valence-corrected chi connectivity index (χ0v) is 28.8. The number of benzene rings is 8. The fourth-order valence-corrected chi connectivity index (χ4v) is 9.30. The summed E-state index contributed by atoms with van der Waals surface area (Å²) in [4.78, 5) is 2.39. The van der Waals surface area contributed by atoms with Gasteiger partial charge in [0.05, 0.1) is 0 Å². The van der Waals surface area contributed by atoms with Crippen molar-refractivity contribution < 1.29 is 0 Å². The van der Waals surface area contributed by atoms with E-state index in [1.54, 1.807) is 0 Å². The molecule has 1 nitrogen and oxygen atoms in total. The normalized spacial score (nSPS) is 13.3. The van der Waals surface area contributed by atoms with Crippen molar-refractivity contribution in [3.63, 3.8) is 0 Å². The van der Waals surface area contributed by atoms with Gasteiger partial charge in [-0.05, 0) is 151 Å². The van der Waals surface area contributed by atoms with E-state index in [2.05, 4.69) is 170 Å². The van der Waals surface area contributed by atoms with E-state index >= 15 is 0 Å². The molecular weight excluding hydrogens is 615 g/mol. The molecule has 0 fully saturated rings. The lowest BCUT2D eigenvalue weighted by atomic mass is 9.81. The standard InChI is InChI=1S/C50H35N/c1-30-17-21-32(22-18-30)51(33-23-19-31(2)20-24-33)34-25-26-44-46(29-34)41-15-8-16-45-48(38-11-5-6-12-40(38)49(44)50(41)45)43-28-27-42-36-10-4-3-9-35(36)37-13-7-14-39(43)47(37)42/h3-6,8-13,15-29H,7,14H2,1-2H3. The maximum Gasteiger partial charge on any atom is 0.0468 e. The average molecular weight is 650 g/mol. The number of aryl methyl sites for hydroxylation is 2. The summed E-state index contributed by atoms with van der Waals surface area (Å²) in [5.74, 6) is 0. The Bertz CT molecular complexity index is 2750. The number of rotatable bonds is 4. The summed E-state index contributed by atoms with van der Waals surface area (Å²) < 4.78 is 0. The second-order valence-corrected chi connectivity index (χ2v) is 14.5. The summed E-state index contributed by atoms with van der Waals surface area (Å²) in [5, 5.41) is 5.38. The summed E-state index contributed by atoms with van der Waals surface area (Å²) in [5.41, 5.74) is 22.6. The number of fused-ring (bicyclic) bond motifs is 8. The molecule has 3 aliphatic rings. The molecule has 1 heteroatoms. The maximum absolute atomic E-state index is 2.47. The molecule has 0 saturated carbocycles. The molecule has 240 valence electrons. The number of hydrogen-bond acceptors (Lipinski definition) is 1. The fourth-order valence-electron chi connectivity index (χ4n) is 9.30. The minimum atomic E-state index is 1.06. The third-order valence-corrected chi connectivity index (χ3v) is 11.6. The van der Waals surface area contributed by atoms with Crippen LogP contribution in [0, 0.1) is 13.8 Å². The van der Waals surface area contributed by atoms with Crippen molar-refractivity contribution in [2.75, 3.05) is 4.90 Å². The van der Waals surface area contributed by atoms with Crippen molar-refractivity contribution in [2.24, 2.45) is 0 Å². The Hall–Kier alpha value is -6.18. The average Bonchev–Trinajstić information content (AvgIpc) is 3.69. The number of anilines is 3. The Labute approximate surface area is 298 Å². The van der Waals surface area contributed by atoms with Crippen molar-refractivity contribution >= 4 is 44.2 Å². The first kappa shape index (κ1) is 28.6. The molecule has 0 bridgehead atoms. The Morgan fingerprint density at radius 1 is 0.412 bits per heavy atom. The molecule has 0 aromatic heterocycles. The first-order chi connectivity index (χ1) is 25.1. The van der Waals surface area contributed by atoms with E-state index < -0.39 is 0 Å². The van der Waals surface area contributed by atoms with Crippen LogP contribution in [0.3, 0.4) is 0 Å². The molecule has 0 atom stereocenters. The van der Waals surface area contributed by atoms with Gasteiger partial charge in [0.15, 0.2) is 0 Å². The van der Waals surface area contributed by atoms with Gasteiger partial charge >= 0.3 is 0 Å². The van der Waals surface area contributed by atoms with Crippen LogP contribution in [0.2, 0.25) is 0 Å². The Kier molecular flexibility index (Phi) is 5.99. The van der Waals surface area contributed by atoms with Crippen LogP contribution in [-0.4, -0.2) is 0 Å². The van der Waals surface area contributed by atoms with E-state index in [0.717, 1.165) is 29.9 Å². The van der Waals surface area contributed by atoms with E-state index in [1.807, 2.05) is 0 Å². The van der Waals surface area contributed by atoms with E-state index in [9.17, 15) is 0 Å². The lowest BCUT2D eigenvalue weighted by molar-refractivity contribution is 0.985. The minimum Gasteiger partial charge on any atom is -0.310 e. The van der Waals surface area contributed by atoms with Gasteiger partial charge in [-0.25, -0.2) is 0 Å². The van der Waals surface area contributed by atoms with Gasteiger partial charge in [-0.2, -0.15) is 0 Å². The SMILES string of the molecule is Cc1ccc(N(c2ccc(C)cc2)c2ccc3c(c2)-c2cccc4c(-c5ccc6c7c5CCC=C7c5ccccc5-6)c5ccccc5c-3c24)cc1. The van der Waals surface area contributed by atoms with Gasteiger partial charge in [0.1, 0.15) is 0 Å². The molecule has 8 aromatic rings. The predicted molar refractivity (Wildman–Crippen MR) is 216 cm³/mol. The highest BCUT2D eigenvalue weighted by molar-refractivity contribution is 6.29. The summed E-state index contributed by atoms with van der Waals surface area (Å²) >= 11 is 0.